The van der Waals surface area contributed by atoms with Gasteiger partial charge in [-0.05, 0) is 45.3 Å². The molecule has 2 aliphatic rings. The van der Waals surface area contributed by atoms with Gasteiger partial charge in [0.2, 0.25) is 5.91 Å². The molecule has 0 aromatic rings. The van der Waals surface area contributed by atoms with E-state index >= 15 is 0 Å². The summed E-state index contributed by atoms with van der Waals surface area (Å²) in [5.41, 5.74) is 5.78. The molecule has 0 aromatic heterocycles. The zero-order chi connectivity index (χ0) is 13.2. The molecule has 18 heavy (non-hydrogen) atoms. The Kier molecular flexibility index (Phi) is 4.59. The predicted octanol–water partition coefficient (Wildman–Crippen LogP) is 2.29. The molecule has 4 atom stereocenters. The van der Waals surface area contributed by atoms with E-state index in [1.807, 2.05) is 18.7 Å². The molecule has 2 fully saturated rings. The van der Waals surface area contributed by atoms with Crippen LogP contribution in [-0.2, 0) is 4.79 Å². The Morgan fingerprint density at radius 3 is 2.72 bits per heavy atom. The Morgan fingerprint density at radius 2 is 2.11 bits per heavy atom. The number of nitrogens with two attached hydrogens (primary N) is 1. The molecule has 0 aliphatic heterocycles. The fourth-order valence-corrected chi connectivity index (χ4v) is 4.14. The van der Waals surface area contributed by atoms with Gasteiger partial charge in [0.1, 0.15) is 0 Å². The summed E-state index contributed by atoms with van der Waals surface area (Å²) in [6.07, 6.45) is 9.98. The van der Waals surface area contributed by atoms with Crippen molar-refractivity contribution in [2.45, 2.75) is 69.2 Å². The van der Waals surface area contributed by atoms with Gasteiger partial charge in [-0.1, -0.05) is 12.8 Å². The van der Waals surface area contributed by atoms with E-state index in [9.17, 15) is 4.79 Å². The van der Waals surface area contributed by atoms with E-state index in [4.69, 9.17) is 5.73 Å². The maximum atomic E-state index is 12.4. The van der Waals surface area contributed by atoms with Crippen molar-refractivity contribution >= 4 is 17.7 Å². The highest BCUT2D eigenvalue weighted by Crippen LogP contribution is 2.37. The van der Waals surface area contributed by atoms with Crippen LogP contribution in [-0.4, -0.2) is 29.5 Å². The van der Waals surface area contributed by atoms with Crippen molar-refractivity contribution in [3.05, 3.63) is 0 Å². The van der Waals surface area contributed by atoms with Crippen molar-refractivity contribution in [2.75, 3.05) is 6.26 Å². The van der Waals surface area contributed by atoms with Crippen LogP contribution in [0, 0.1) is 5.41 Å². The van der Waals surface area contributed by atoms with Crippen LogP contribution in [0.5, 0.6) is 0 Å². The zero-order valence-corrected chi connectivity index (χ0v) is 12.4. The lowest BCUT2D eigenvalue weighted by Crippen LogP contribution is -2.51. The molecular weight excluding hydrogens is 244 g/mol. The zero-order valence-electron chi connectivity index (χ0n) is 11.6. The molecule has 3 N–H and O–H groups in total. The number of hydrogen-bond acceptors (Lipinski definition) is 3. The number of thioether (sulfide) groups is 1. The van der Waals surface area contributed by atoms with E-state index in [1.165, 1.54) is 12.8 Å². The van der Waals surface area contributed by atoms with Crippen LogP contribution in [0.4, 0.5) is 0 Å². The van der Waals surface area contributed by atoms with Crippen LogP contribution in [0.1, 0.15) is 51.9 Å². The Balaban J connectivity index is 1.91. The Labute approximate surface area is 115 Å². The minimum absolute atomic E-state index is 0.0393. The van der Waals surface area contributed by atoms with Gasteiger partial charge < -0.3 is 11.1 Å². The summed E-state index contributed by atoms with van der Waals surface area (Å²) in [7, 11) is 0. The molecule has 4 heteroatoms. The van der Waals surface area contributed by atoms with Gasteiger partial charge in [-0.3, -0.25) is 4.79 Å². The lowest BCUT2D eigenvalue weighted by Gasteiger charge is -2.33. The van der Waals surface area contributed by atoms with Gasteiger partial charge >= 0.3 is 0 Å². The van der Waals surface area contributed by atoms with Gasteiger partial charge in [-0.15, -0.1) is 0 Å². The molecule has 0 aromatic carbocycles. The van der Waals surface area contributed by atoms with Crippen molar-refractivity contribution in [3.8, 4) is 0 Å². The number of hydrogen-bond donors (Lipinski definition) is 2. The summed E-state index contributed by atoms with van der Waals surface area (Å²) in [4.78, 5) is 12.4. The van der Waals surface area contributed by atoms with Gasteiger partial charge in [0.05, 0.1) is 5.41 Å². The second kappa shape index (κ2) is 5.83. The van der Waals surface area contributed by atoms with E-state index in [1.54, 1.807) is 0 Å². The van der Waals surface area contributed by atoms with E-state index in [-0.39, 0.29) is 17.4 Å². The van der Waals surface area contributed by atoms with Crippen molar-refractivity contribution in [2.24, 2.45) is 11.1 Å². The number of nitrogens with one attached hydrogen (secondary N) is 1. The van der Waals surface area contributed by atoms with E-state index in [2.05, 4.69) is 11.6 Å². The number of carbonyl (C=O) groups excluding carboxylic acids is 1. The standard InChI is InChI=1S/C14H26N2OS/c1-14(8-4-7-12(14)15)13(17)16-10-5-3-6-11(9-10)18-2/h10-12H,3-9,15H2,1-2H3,(H,16,17). The van der Waals surface area contributed by atoms with Crippen molar-refractivity contribution in [1.29, 1.82) is 0 Å². The summed E-state index contributed by atoms with van der Waals surface area (Å²) in [5.74, 6) is 0.194. The molecule has 1 amide bonds. The summed E-state index contributed by atoms with van der Waals surface area (Å²) < 4.78 is 0. The smallest absolute Gasteiger partial charge is 0.227 e. The highest BCUT2D eigenvalue weighted by Gasteiger charge is 2.43. The summed E-state index contributed by atoms with van der Waals surface area (Å²) in [6, 6.07) is 0.408. The third-order valence-electron chi connectivity index (χ3n) is 4.84. The molecule has 0 heterocycles. The average Bonchev–Trinajstić information content (AvgIpc) is 2.71. The Hall–Kier alpha value is -0.220. The first-order chi connectivity index (χ1) is 8.56. The maximum Gasteiger partial charge on any atom is 0.227 e. The molecule has 3 nitrogen and oxygen atoms in total. The predicted molar refractivity (Wildman–Crippen MR) is 77.6 cm³/mol. The minimum Gasteiger partial charge on any atom is -0.353 e. The second-order valence-corrected chi connectivity index (χ2v) is 7.25. The van der Waals surface area contributed by atoms with Gasteiger partial charge in [0.25, 0.3) is 0 Å². The molecule has 0 saturated heterocycles. The molecule has 2 saturated carbocycles. The first-order valence-corrected chi connectivity index (χ1v) is 8.44. The SMILES string of the molecule is CSC1CCCC(NC(=O)C2(C)CCCC2N)C1. The number of amides is 1. The summed E-state index contributed by atoms with van der Waals surface area (Å²) >= 11 is 1.93. The maximum absolute atomic E-state index is 12.4. The van der Waals surface area contributed by atoms with Gasteiger partial charge in [-0.25, -0.2) is 0 Å². The fraction of sp³-hybridized carbons (Fsp3) is 0.929. The van der Waals surface area contributed by atoms with Crippen LogP contribution in [0.3, 0.4) is 0 Å². The minimum atomic E-state index is -0.327. The average molecular weight is 270 g/mol. The molecular formula is C14H26N2OS. The van der Waals surface area contributed by atoms with Crippen LogP contribution < -0.4 is 11.1 Å². The lowest BCUT2D eigenvalue weighted by molar-refractivity contribution is -0.131. The third-order valence-corrected chi connectivity index (χ3v) is 5.94. The molecule has 2 aliphatic carbocycles. The van der Waals surface area contributed by atoms with E-state index < -0.39 is 0 Å². The molecule has 0 bridgehead atoms. The monoisotopic (exact) mass is 270 g/mol. The Bertz CT molecular complexity index is 310. The first kappa shape index (κ1) is 14.2. The molecule has 0 spiro atoms. The molecule has 2 rings (SSSR count). The highest BCUT2D eigenvalue weighted by atomic mass is 32.2. The van der Waals surface area contributed by atoms with Gasteiger partial charge in [0, 0.05) is 17.3 Å². The topological polar surface area (TPSA) is 55.1 Å². The molecule has 104 valence electrons. The van der Waals surface area contributed by atoms with E-state index in [0.717, 1.165) is 32.1 Å². The van der Waals surface area contributed by atoms with Crippen molar-refractivity contribution in [3.63, 3.8) is 0 Å². The molecule has 0 radical (unpaired) electrons. The highest BCUT2D eigenvalue weighted by molar-refractivity contribution is 7.99. The summed E-state index contributed by atoms with van der Waals surface area (Å²) in [5, 5.41) is 3.98. The number of rotatable bonds is 3. The van der Waals surface area contributed by atoms with Gasteiger partial charge in [-0.2, -0.15) is 11.8 Å². The van der Waals surface area contributed by atoms with Crippen molar-refractivity contribution in [1.82, 2.24) is 5.32 Å². The summed E-state index contributed by atoms with van der Waals surface area (Å²) in [6.45, 7) is 2.04. The molecule has 4 unspecified atom stereocenters. The van der Waals surface area contributed by atoms with Crippen LogP contribution in [0.2, 0.25) is 0 Å². The fourth-order valence-electron chi connectivity index (χ4n) is 3.32. The van der Waals surface area contributed by atoms with Crippen LogP contribution >= 0.6 is 11.8 Å². The quantitative estimate of drug-likeness (QED) is 0.827. The van der Waals surface area contributed by atoms with Crippen LogP contribution in [0.25, 0.3) is 0 Å². The largest absolute Gasteiger partial charge is 0.353 e. The first-order valence-electron chi connectivity index (χ1n) is 7.15. The lowest BCUT2D eigenvalue weighted by atomic mass is 9.83. The number of carbonyl (C=O) groups is 1. The third kappa shape index (κ3) is 2.85. The van der Waals surface area contributed by atoms with Crippen LogP contribution in [0.15, 0.2) is 0 Å². The van der Waals surface area contributed by atoms with Gasteiger partial charge in [0.15, 0.2) is 0 Å². The normalized spacial score (nSPS) is 40.7. The Morgan fingerprint density at radius 1 is 1.33 bits per heavy atom. The van der Waals surface area contributed by atoms with Crippen molar-refractivity contribution < 1.29 is 4.79 Å². The van der Waals surface area contributed by atoms with E-state index in [0.29, 0.717) is 11.3 Å². The second-order valence-electron chi connectivity index (χ2n) is 6.11.